The molecule has 5 heteroatoms. The van der Waals surface area contributed by atoms with Crippen molar-refractivity contribution in [2.45, 2.75) is 6.92 Å². The van der Waals surface area contributed by atoms with Crippen LogP contribution < -0.4 is 15.4 Å². The van der Waals surface area contributed by atoms with Crippen LogP contribution in [-0.2, 0) is 0 Å². The third-order valence-corrected chi connectivity index (χ3v) is 2.04. The van der Waals surface area contributed by atoms with E-state index in [-0.39, 0.29) is 19.2 Å². The Balaban J connectivity index is 2.14. The van der Waals surface area contributed by atoms with Gasteiger partial charge in [0.2, 0.25) is 0 Å². The van der Waals surface area contributed by atoms with Gasteiger partial charge in [-0.25, -0.2) is 4.79 Å². The van der Waals surface area contributed by atoms with Crippen molar-refractivity contribution in [3.8, 4) is 5.75 Å². The number of rotatable bonds is 6. The molecule has 0 saturated carbocycles. The molecule has 0 bridgehead atoms. The fraction of sp³-hybridized carbons (Fsp3) is 0.417. The van der Waals surface area contributed by atoms with Gasteiger partial charge < -0.3 is 20.5 Å². The normalized spacial score (nSPS) is 9.76. The molecule has 0 fully saturated rings. The van der Waals surface area contributed by atoms with E-state index >= 15 is 0 Å². The molecule has 0 aliphatic rings. The van der Waals surface area contributed by atoms with Gasteiger partial charge in [0.15, 0.2) is 0 Å². The quantitative estimate of drug-likeness (QED) is 0.638. The van der Waals surface area contributed by atoms with Crippen LogP contribution in [0.1, 0.15) is 5.56 Å². The lowest BCUT2D eigenvalue weighted by molar-refractivity contribution is 0.230. The predicted octanol–water partition coefficient (Wildman–Crippen LogP) is 0.665. The van der Waals surface area contributed by atoms with E-state index in [9.17, 15) is 4.79 Å². The monoisotopic (exact) mass is 238 g/mol. The summed E-state index contributed by atoms with van der Waals surface area (Å²) < 4.78 is 5.45. The minimum atomic E-state index is -0.299. The van der Waals surface area contributed by atoms with Gasteiger partial charge in [0.05, 0.1) is 13.2 Å². The van der Waals surface area contributed by atoms with Gasteiger partial charge in [-0.15, -0.1) is 0 Å². The van der Waals surface area contributed by atoms with Gasteiger partial charge in [0, 0.05) is 6.54 Å². The molecule has 0 aromatic heterocycles. The second-order valence-electron chi connectivity index (χ2n) is 3.57. The van der Waals surface area contributed by atoms with Gasteiger partial charge >= 0.3 is 6.03 Å². The molecule has 17 heavy (non-hydrogen) atoms. The van der Waals surface area contributed by atoms with Crippen molar-refractivity contribution in [1.29, 1.82) is 0 Å². The van der Waals surface area contributed by atoms with Crippen molar-refractivity contribution in [1.82, 2.24) is 10.6 Å². The number of hydrogen-bond donors (Lipinski definition) is 3. The zero-order valence-corrected chi connectivity index (χ0v) is 9.90. The lowest BCUT2D eigenvalue weighted by Gasteiger charge is -2.08. The summed E-state index contributed by atoms with van der Waals surface area (Å²) in [4.78, 5) is 11.1. The summed E-state index contributed by atoms with van der Waals surface area (Å²) in [6, 6.07) is 7.43. The van der Waals surface area contributed by atoms with E-state index in [0.717, 1.165) is 11.3 Å². The minimum absolute atomic E-state index is 0.0623. The number of nitrogens with one attached hydrogen (secondary N) is 2. The van der Waals surface area contributed by atoms with Crippen LogP contribution in [0.2, 0.25) is 0 Å². The Labute approximate surface area is 101 Å². The molecule has 0 aliphatic heterocycles. The predicted molar refractivity (Wildman–Crippen MR) is 65.2 cm³/mol. The van der Waals surface area contributed by atoms with Gasteiger partial charge in [0.1, 0.15) is 12.4 Å². The number of hydrogen-bond acceptors (Lipinski definition) is 3. The largest absolute Gasteiger partial charge is 0.492 e. The number of carbonyl (C=O) groups is 1. The number of urea groups is 1. The van der Waals surface area contributed by atoms with Crippen molar-refractivity contribution in [2.75, 3.05) is 26.3 Å². The Kier molecular flexibility index (Phi) is 5.88. The van der Waals surface area contributed by atoms with Crippen LogP contribution in [0.15, 0.2) is 24.3 Å². The summed E-state index contributed by atoms with van der Waals surface area (Å²) in [6.45, 7) is 3.02. The molecule has 0 aliphatic carbocycles. The van der Waals surface area contributed by atoms with Gasteiger partial charge in [-0.05, 0) is 24.6 Å². The average Bonchev–Trinajstić information content (AvgIpc) is 2.32. The molecular formula is C12H18N2O3. The molecule has 1 rings (SSSR count). The SMILES string of the molecule is Cc1cccc(OCCNC(=O)NCCO)c1. The molecule has 0 heterocycles. The molecule has 0 radical (unpaired) electrons. The second kappa shape index (κ2) is 7.51. The van der Waals surface area contributed by atoms with Crippen molar-refractivity contribution in [3.63, 3.8) is 0 Å². The summed E-state index contributed by atoms with van der Waals surface area (Å²) >= 11 is 0. The number of carbonyl (C=O) groups excluding carboxylic acids is 1. The Morgan fingerprint density at radius 2 is 2.12 bits per heavy atom. The van der Waals surface area contributed by atoms with Crippen LogP contribution in [0.4, 0.5) is 4.79 Å². The first-order valence-electron chi connectivity index (χ1n) is 5.54. The van der Waals surface area contributed by atoms with Crippen LogP contribution >= 0.6 is 0 Å². The molecule has 0 spiro atoms. The molecule has 0 atom stereocenters. The van der Waals surface area contributed by atoms with Crippen molar-refractivity contribution in [2.24, 2.45) is 0 Å². The molecule has 5 nitrogen and oxygen atoms in total. The first kappa shape index (κ1) is 13.3. The summed E-state index contributed by atoms with van der Waals surface area (Å²) in [6.07, 6.45) is 0. The zero-order valence-electron chi connectivity index (χ0n) is 9.90. The standard InChI is InChI=1S/C12H18N2O3/c1-10-3-2-4-11(9-10)17-8-6-14-12(16)13-5-7-15/h2-4,9,15H,5-8H2,1H3,(H2,13,14,16). The molecule has 94 valence electrons. The number of ether oxygens (including phenoxy) is 1. The van der Waals surface area contributed by atoms with Gasteiger partial charge in [-0.2, -0.15) is 0 Å². The first-order valence-corrected chi connectivity index (χ1v) is 5.54. The number of amides is 2. The summed E-state index contributed by atoms with van der Waals surface area (Å²) in [7, 11) is 0. The number of benzene rings is 1. The van der Waals surface area contributed by atoms with E-state index in [1.54, 1.807) is 0 Å². The lowest BCUT2D eigenvalue weighted by Crippen LogP contribution is -2.38. The Morgan fingerprint density at radius 3 is 2.82 bits per heavy atom. The highest BCUT2D eigenvalue weighted by molar-refractivity contribution is 5.73. The Bertz CT molecular complexity index is 355. The molecular weight excluding hydrogens is 220 g/mol. The van der Waals surface area contributed by atoms with E-state index in [2.05, 4.69) is 10.6 Å². The maximum absolute atomic E-state index is 11.1. The third kappa shape index (κ3) is 5.77. The van der Waals surface area contributed by atoms with E-state index in [1.165, 1.54) is 0 Å². The van der Waals surface area contributed by atoms with E-state index in [4.69, 9.17) is 9.84 Å². The molecule has 2 amide bonds. The highest BCUT2D eigenvalue weighted by Crippen LogP contribution is 2.11. The highest BCUT2D eigenvalue weighted by atomic mass is 16.5. The topological polar surface area (TPSA) is 70.6 Å². The second-order valence-corrected chi connectivity index (χ2v) is 3.57. The molecule has 1 aromatic carbocycles. The van der Waals surface area contributed by atoms with Crippen LogP contribution in [0.3, 0.4) is 0 Å². The lowest BCUT2D eigenvalue weighted by atomic mass is 10.2. The fourth-order valence-corrected chi connectivity index (χ4v) is 1.27. The van der Waals surface area contributed by atoms with E-state index in [1.807, 2.05) is 31.2 Å². The van der Waals surface area contributed by atoms with Crippen LogP contribution in [0, 0.1) is 6.92 Å². The Morgan fingerprint density at radius 1 is 1.35 bits per heavy atom. The number of aryl methyl sites for hydroxylation is 1. The number of aliphatic hydroxyl groups is 1. The van der Waals surface area contributed by atoms with Crippen LogP contribution in [0.5, 0.6) is 5.75 Å². The first-order chi connectivity index (χ1) is 8.22. The summed E-state index contributed by atoms with van der Waals surface area (Å²) in [5.74, 6) is 0.794. The van der Waals surface area contributed by atoms with Gasteiger partial charge in [-0.3, -0.25) is 0 Å². The van der Waals surface area contributed by atoms with Crippen molar-refractivity contribution >= 4 is 6.03 Å². The van der Waals surface area contributed by atoms with Gasteiger partial charge in [-0.1, -0.05) is 12.1 Å². The molecule has 0 saturated heterocycles. The number of aliphatic hydroxyl groups excluding tert-OH is 1. The van der Waals surface area contributed by atoms with E-state index in [0.29, 0.717) is 13.2 Å². The minimum Gasteiger partial charge on any atom is -0.492 e. The van der Waals surface area contributed by atoms with Gasteiger partial charge in [0.25, 0.3) is 0 Å². The maximum atomic E-state index is 11.1. The Hall–Kier alpha value is -1.75. The van der Waals surface area contributed by atoms with Crippen LogP contribution in [-0.4, -0.2) is 37.4 Å². The van der Waals surface area contributed by atoms with Crippen LogP contribution in [0.25, 0.3) is 0 Å². The highest BCUT2D eigenvalue weighted by Gasteiger charge is 1.98. The maximum Gasteiger partial charge on any atom is 0.314 e. The molecule has 3 N–H and O–H groups in total. The smallest absolute Gasteiger partial charge is 0.314 e. The molecule has 1 aromatic rings. The summed E-state index contributed by atoms with van der Waals surface area (Å²) in [5, 5.41) is 13.6. The zero-order chi connectivity index (χ0) is 12.5. The average molecular weight is 238 g/mol. The fourth-order valence-electron chi connectivity index (χ4n) is 1.27. The van der Waals surface area contributed by atoms with Crippen molar-refractivity contribution in [3.05, 3.63) is 29.8 Å². The molecule has 0 unspecified atom stereocenters. The summed E-state index contributed by atoms with van der Waals surface area (Å²) in [5.41, 5.74) is 1.14. The third-order valence-electron chi connectivity index (χ3n) is 2.04. The van der Waals surface area contributed by atoms with E-state index < -0.39 is 0 Å². The van der Waals surface area contributed by atoms with Crippen molar-refractivity contribution < 1.29 is 14.6 Å².